The van der Waals surface area contributed by atoms with Gasteiger partial charge in [-0.05, 0) is 30.3 Å². The van der Waals surface area contributed by atoms with E-state index in [2.05, 4.69) is 5.32 Å². The van der Waals surface area contributed by atoms with Gasteiger partial charge in [0.15, 0.2) is 0 Å². The summed E-state index contributed by atoms with van der Waals surface area (Å²) in [6.45, 7) is 1.30. The van der Waals surface area contributed by atoms with Crippen LogP contribution in [0, 0.1) is 0 Å². The second-order valence-electron chi connectivity index (χ2n) is 5.39. The van der Waals surface area contributed by atoms with Crippen LogP contribution in [0.3, 0.4) is 0 Å². The fourth-order valence-corrected chi connectivity index (χ4v) is 2.86. The van der Waals surface area contributed by atoms with Crippen molar-refractivity contribution < 1.29 is 4.79 Å². The lowest BCUT2D eigenvalue weighted by atomic mass is 10.1. The van der Waals surface area contributed by atoms with Crippen molar-refractivity contribution in [3.05, 3.63) is 53.1 Å². The lowest BCUT2D eigenvalue weighted by molar-refractivity contribution is 0.0801. The molecular formula is C17H18ClN3O. The minimum atomic E-state index is 0.0293. The highest BCUT2D eigenvalue weighted by atomic mass is 35.5. The van der Waals surface area contributed by atoms with E-state index in [1.54, 1.807) is 4.90 Å². The number of benzene rings is 2. The molecule has 0 saturated heterocycles. The van der Waals surface area contributed by atoms with Crippen LogP contribution >= 0.6 is 11.6 Å². The van der Waals surface area contributed by atoms with E-state index in [1.165, 1.54) is 0 Å². The van der Waals surface area contributed by atoms with E-state index in [1.807, 2.05) is 61.5 Å². The van der Waals surface area contributed by atoms with E-state index < -0.39 is 0 Å². The van der Waals surface area contributed by atoms with E-state index in [9.17, 15) is 4.79 Å². The van der Waals surface area contributed by atoms with Gasteiger partial charge in [-0.2, -0.15) is 0 Å². The van der Waals surface area contributed by atoms with Gasteiger partial charge in [-0.25, -0.2) is 0 Å². The van der Waals surface area contributed by atoms with Gasteiger partial charge in [0.25, 0.3) is 5.91 Å². The van der Waals surface area contributed by atoms with Crippen LogP contribution in [0.2, 0.25) is 5.02 Å². The molecule has 0 aromatic heterocycles. The standard InChI is InChI=1S/C17H18ClN3O/c1-20-10-9-19-14-11-12(18)7-8-16(14)21(2)15-6-4-3-5-13(15)17(20)22/h3-8,11,19H,9-10H2,1-2H3. The summed E-state index contributed by atoms with van der Waals surface area (Å²) in [5, 5.41) is 4.06. The van der Waals surface area contributed by atoms with Gasteiger partial charge < -0.3 is 15.1 Å². The number of para-hydroxylation sites is 1. The molecule has 2 aromatic carbocycles. The number of anilines is 3. The summed E-state index contributed by atoms with van der Waals surface area (Å²) < 4.78 is 0. The SMILES string of the molecule is CN1CCNc2cc(Cl)ccc2N(C)c2ccccc2C1=O. The van der Waals surface area contributed by atoms with Crippen molar-refractivity contribution in [1.82, 2.24) is 4.90 Å². The molecule has 4 nitrogen and oxygen atoms in total. The first-order valence-electron chi connectivity index (χ1n) is 7.19. The average molecular weight is 316 g/mol. The Balaban J connectivity index is 2.17. The van der Waals surface area contributed by atoms with Gasteiger partial charge in [0, 0.05) is 32.2 Å². The van der Waals surface area contributed by atoms with Crippen LogP contribution in [0.15, 0.2) is 42.5 Å². The molecule has 1 N–H and O–H groups in total. The Labute approximate surface area is 135 Å². The number of nitrogens with one attached hydrogen (secondary N) is 1. The number of hydrogen-bond donors (Lipinski definition) is 1. The van der Waals surface area contributed by atoms with Crippen molar-refractivity contribution >= 4 is 34.6 Å². The highest BCUT2D eigenvalue weighted by molar-refractivity contribution is 6.31. The Morgan fingerprint density at radius 2 is 1.86 bits per heavy atom. The van der Waals surface area contributed by atoms with Gasteiger partial charge in [0.1, 0.15) is 0 Å². The molecule has 0 spiro atoms. The molecular weight excluding hydrogens is 298 g/mol. The Bertz CT molecular complexity index is 717. The third kappa shape index (κ3) is 2.62. The van der Waals surface area contributed by atoms with E-state index in [0.29, 0.717) is 23.7 Å². The number of carbonyl (C=O) groups excluding carboxylic acids is 1. The highest BCUT2D eigenvalue weighted by Crippen LogP contribution is 2.35. The molecule has 0 radical (unpaired) electrons. The van der Waals surface area contributed by atoms with E-state index in [0.717, 1.165) is 17.1 Å². The lowest BCUT2D eigenvalue weighted by Crippen LogP contribution is -2.33. The summed E-state index contributed by atoms with van der Waals surface area (Å²) in [6, 6.07) is 13.4. The zero-order valence-electron chi connectivity index (χ0n) is 12.6. The largest absolute Gasteiger partial charge is 0.382 e. The smallest absolute Gasteiger partial charge is 0.255 e. The van der Waals surface area contributed by atoms with Crippen LogP contribution in [0.25, 0.3) is 0 Å². The first-order chi connectivity index (χ1) is 10.6. The molecule has 5 heteroatoms. The number of amides is 1. The fourth-order valence-electron chi connectivity index (χ4n) is 2.68. The number of nitrogens with zero attached hydrogens (tertiary/aromatic N) is 2. The number of hydrogen-bond acceptors (Lipinski definition) is 3. The van der Waals surface area contributed by atoms with Crippen molar-refractivity contribution in [2.75, 3.05) is 37.4 Å². The normalized spacial score (nSPS) is 15.0. The maximum Gasteiger partial charge on any atom is 0.255 e. The van der Waals surface area contributed by atoms with Crippen molar-refractivity contribution in [1.29, 1.82) is 0 Å². The van der Waals surface area contributed by atoms with Gasteiger partial charge in [0.2, 0.25) is 0 Å². The van der Waals surface area contributed by atoms with Crippen molar-refractivity contribution in [2.24, 2.45) is 0 Å². The number of likely N-dealkylation sites (N-methyl/N-ethyl adjacent to an activating group) is 1. The van der Waals surface area contributed by atoms with E-state index in [-0.39, 0.29) is 5.91 Å². The van der Waals surface area contributed by atoms with Crippen LogP contribution in [-0.2, 0) is 0 Å². The van der Waals surface area contributed by atoms with E-state index in [4.69, 9.17) is 11.6 Å². The quantitative estimate of drug-likeness (QED) is 0.806. The molecule has 1 aliphatic heterocycles. The third-order valence-corrected chi connectivity index (χ3v) is 4.16. The Morgan fingerprint density at radius 3 is 2.68 bits per heavy atom. The van der Waals surface area contributed by atoms with E-state index >= 15 is 0 Å². The molecule has 114 valence electrons. The second kappa shape index (κ2) is 5.89. The predicted molar refractivity (Wildman–Crippen MR) is 91.4 cm³/mol. The molecule has 0 atom stereocenters. The fraction of sp³-hybridized carbons (Fsp3) is 0.235. The molecule has 1 aliphatic rings. The van der Waals surface area contributed by atoms with Crippen LogP contribution < -0.4 is 10.2 Å². The van der Waals surface area contributed by atoms with Gasteiger partial charge in [-0.15, -0.1) is 0 Å². The van der Waals surface area contributed by atoms with Gasteiger partial charge in [-0.3, -0.25) is 4.79 Å². The maximum absolute atomic E-state index is 12.6. The molecule has 0 unspecified atom stereocenters. The van der Waals surface area contributed by atoms with Gasteiger partial charge in [0.05, 0.1) is 22.6 Å². The lowest BCUT2D eigenvalue weighted by Gasteiger charge is -2.29. The monoisotopic (exact) mass is 315 g/mol. The number of carbonyl (C=O) groups is 1. The van der Waals surface area contributed by atoms with Crippen molar-refractivity contribution in [3.8, 4) is 0 Å². The summed E-state index contributed by atoms with van der Waals surface area (Å²) in [6.07, 6.45) is 0. The van der Waals surface area contributed by atoms with Crippen LogP contribution in [0.5, 0.6) is 0 Å². The molecule has 0 aliphatic carbocycles. The summed E-state index contributed by atoms with van der Waals surface area (Å²) in [4.78, 5) is 16.4. The molecule has 22 heavy (non-hydrogen) atoms. The van der Waals surface area contributed by atoms with Crippen LogP contribution in [0.1, 0.15) is 10.4 Å². The average Bonchev–Trinajstić information content (AvgIpc) is 2.53. The third-order valence-electron chi connectivity index (χ3n) is 3.93. The molecule has 0 fully saturated rings. The first-order valence-corrected chi connectivity index (χ1v) is 7.57. The zero-order chi connectivity index (χ0) is 15.7. The zero-order valence-corrected chi connectivity index (χ0v) is 13.4. The number of fused-ring (bicyclic) bond motifs is 2. The summed E-state index contributed by atoms with van der Waals surface area (Å²) in [7, 11) is 3.78. The van der Waals surface area contributed by atoms with Crippen LogP contribution in [-0.4, -0.2) is 38.0 Å². The molecule has 0 saturated carbocycles. The van der Waals surface area contributed by atoms with Crippen molar-refractivity contribution in [3.63, 3.8) is 0 Å². The highest BCUT2D eigenvalue weighted by Gasteiger charge is 2.21. The number of rotatable bonds is 0. The van der Waals surface area contributed by atoms with Crippen LogP contribution in [0.4, 0.5) is 17.1 Å². The second-order valence-corrected chi connectivity index (χ2v) is 5.83. The molecule has 3 rings (SSSR count). The minimum Gasteiger partial charge on any atom is -0.382 e. The molecule has 1 amide bonds. The Kier molecular flexibility index (Phi) is 3.94. The van der Waals surface area contributed by atoms with Crippen molar-refractivity contribution in [2.45, 2.75) is 0 Å². The predicted octanol–water partition coefficient (Wildman–Crippen LogP) is 3.61. The topological polar surface area (TPSA) is 35.6 Å². The first kappa shape index (κ1) is 14.7. The minimum absolute atomic E-state index is 0.0293. The Morgan fingerprint density at radius 1 is 1.09 bits per heavy atom. The molecule has 1 heterocycles. The number of halogens is 1. The molecule has 0 bridgehead atoms. The molecule has 2 aromatic rings. The Hall–Kier alpha value is -2.20. The van der Waals surface area contributed by atoms with Gasteiger partial charge in [-0.1, -0.05) is 23.7 Å². The maximum atomic E-state index is 12.6. The summed E-state index contributed by atoms with van der Waals surface area (Å²) in [5.41, 5.74) is 3.55. The summed E-state index contributed by atoms with van der Waals surface area (Å²) in [5.74, 6) is 0.0293. The van der Waals surface area contributed by atoms with Gasteiger partial charge >= 0.3 is 0 Å². The summed E-state index contributed by atoms with van der Waals surface area (Å²) >= 11 is 6.12.